The number of aryl methyl sites for hydroxylation is 1. The van der Waals surface area contributed by atoms with Crippen molar-refractivity contribution in [1.29, 1.82) is 0 Å². The minimum absolute atomic E-state index is 0.0276. The van der Waals surface area contributed by atoms with Gasteiger partial charge in [0, 0.05) is 46.4 Å². The summed E-state index contributed by atoms with van der Waals surface area (Å²) < 4.78 is 20.0. The van der Waals surface area contributed by atoms with Gasteiger partial charge in [0.2, 0.25) is 5.91 Å². The van der Waals surface area contributed by atoms with E-state index < -0.39 is 0 Å². The predicted octanol–water partition coefficient (Wildman–Crippen LogP) is 6.64. The van der Waals surface area contributed by atoms with E-state index in [1.54, 1.807) is 18.1 Å². The molecule has 0 spiro atoms. The molecule has 2 amide bonds. The molecule has 1 aliphatic heterocycles. The molecule has 3 aromatic rings. The van der Waals surface area contributed by atoms with E-state index in [1.807, 2.05) is 42.9 Å². The van der Waals surface area contributed by atoms with Crippen LogP contribution in [0.5, 0.6) is 0 Å². The molecular weight excluding hydrogens is 732 g/mol. The van der Waals surface area contributed by atoms with Gasteiger partial charge >= 0.3 is 5.97 Å². The summed E-state index contributed by atoms with van der Waals surface area (Å²) in [5.41, 5.74) is 2.43. The third kappa shape index (κ3) is 7.96. The van der Waals surface area contributed by atoms with Crippen molar-refractivity contribution in [3.05, 3.63) is 61.3 Å². The third-order valence-corrected chi connectivity index (χ3v) is 10.1. The lowest BCUT2D eigenvalue weighted by Crippen LogP contribution is -2.40. The van der Waals surface area contributed by atoms with Gasteiger partial charge in [-0.25, -0.2) is 0 Å². The molecule has 45 heavy (non-hydrogen) atoms. The Balaban J connectivity index is 1.21. The van der Waals surface area contributed by atoms with Crippen LogP contribution < -0.4 is 5.32 Å². The van der Waals surface area contributed by atoms with Crippen LogP contribution in [0.25, 0.3) is 10.9 Å². The zero-order chi connectivity index (χ0) is 32.2. The van der Waals surface area contributed by atoms with Crippen molar-refractivity contribution in [2.75, 3.05) is 32.2 Å². The highest BCUT2D eigenvalue weighted by Gasteiger charge is 2.37. The number of ether oxygens (including phenoxy) is 3. The standard InChI is InChI=1S/C33H38Cl2IN3O6/c1-4-44-33(42)19-5-8-23(9-6-19)45-18-22-14-24(43-3)16-39(22)31(40)12-20-11-28(35)25(15-27(20)34)32(41)37-29-17-38(2)30-10-7-21(36)13-26(29)30/h7,10-11,13,15,17,19,22-24H,4-6,8-9,12,14,16,18H2,1-3H3,(H,37,41)/t19?,22-,23?,24-/m0/s1. The van der Waals surface area contributed by atoms with Crippen molar-refractivity contribution in [3.8, 4) is 0 Å². The average Bonchev–Trinajstić information content (AvgIpc) is 3.58. The van der Waals surface area contributed by atoms with E-state index in [4.69, 9.17) is 37.4 Å². The summed E-state index contributed by atoms with van der Waals surface area (Å²) in [7, 11) is 3.57. The molecule has 0 unspecified atom stereocenters. The lowest BCUT2D eigenvalue weighted by atomic mass is 9.87. The van der Waals surface area contributed by atoms with Crippen molar-refractivity contribution >= 4 is 80.2 Å². The van der Waals surface area contributed by atoms with Gasteiger partial charge < -0.3 is 29.0 Å². The molecule has 242 valence electrons. The maximum Gasteiger partial charge on any atom is 0.308 e. The van der Waals surface area contributed by atoms with Gasteiger partial charge in [-0.2, -0.15) is 0 Å². The summed E-state index contributed by atoms with van der Waals surface area (Å²) in [4.78, 5) is 40.7. The van der Waals surface area contributed by atoms with E-state index >= 15 is 0 Å². The smallest absolute Gasteiger partial charge is 0.308 e. The van der Waals surface area contributed by atoms with Crippen LogP contribution in [0.2, 0.25) is 10.0 Å². The molecule has 1 aliphatic carbocycles. The number of carbonyl (C=O) groups excluding carboxylic acids is 3. The number of hydrogen-bond acceptors (Lipinski definition) is 6. The Morgan fingerprint density at radius 2 is 1.80 bits per heavy atom. The number of halogens is 3. The molecule has 1 aromatic heterocycles. The van der Waals surface area contributed by atoms with Gasteiger partial charge in [-0.05, 0) is 97.5 Å². The van der Waals surface area contributed by atoms with Gasteiger partial charge in [-0.15, -0.1) is 0 Å². The molecule has 2 atom stereocenters. The second-order valence-electron chi connectivity index (χ2n) is 11.7. The Morgan fingerprint density at radius 1 is 1.04 bits per heavy atom. The quantitative estimate of drug-likeness (QED) is 0.184. The van der Waals surface area contributed by atoms with Crippen LogP contribution in [0, 0.1) is 9.49 Å². The maximum absolute atomic E-state index is 13.6. The first-order chi connectivity index (χ1) is 21.6. The minimum Gasteiger partial charge on any atom is -0.466 e. The molecule has 12 heteroatoms. The lowest BCUT2D eigenvalue weighted by Gasteiger charge is -2.30. The number of nitrogens with zero attached hydrogens (tertiary/aromatic N) is 2. The molecule has 1 saturated heterocycles. The topological polar surface area (TPSA) is 99.1 Å². The Labute approximate surface area is 287 Å². The summed E-state index contributed by atoms with van der Waals surface area (Å²) in [6.45, 7) is 3.05. The molecule has 2 fully saturated rings. The Hall–Kier alpha value is -2.38. The van der Waals surface area contributed by atoms with Gasteiger partial charge in [-0.3, -0.25) is 14.4 Å². The van der Waals surface area contributed by atoms with E-state index in [-0.39, 0.29) is 59.0 Å². The van der Waals surface area contributed by atoms with Crippen LogP contribution in [-0.4, -0.2) is 72.4 Å². The first kappa shape index (κ1) is 34.0. The van der Waals surface area contributed by atoms with Crippen LogP contribution in [0.4, 0.5) is 5.69 Å². The number of anilines is 1. The fourth-order valence-corrected chi connectivity index (χ4v) is 7.29. The van der Waals surface area contributed by atoms with Crippen LogP contribution in [0.3, 0.4) is 0 Å². The van der Waals surface area contributed by atoms with Gasteiger partial charge in [-0.1, -0.05) is 23.2 Å². The zero-order valence-corrected chi connectivity index (χ0v) is 29.3. The SMILES string of the molecule is CCOC(=O)C1CCC(OC[C@@H]2C[C@H](OC)CN2C(=O)Cc2cc(Cl)c(C(=O)Nc3cn(C)c4ccc(I)cc34)cc2Cl)CC1. The van der Waals surface area contributed by atoms with E-state index in [9.17, 15) is 14.4 Å². The number of esters is 1. The van der Waals surface area contributed by atoms with Crippen LogP contribution in [0.1, 0.15) is 54.9 Å². The second kappa shape index (κ2) is 15.0. The number of carbonyl (C=O) groups is 3. The maximum atomic E-state index is 13.6. The highest BCUT2D eigenvalue weighted by atomic mass is 127. The van der Waals surface area contributed by atoms with Crippen LogP contribution >= 0.6 is 45.8 Å². The molecule has 2 heterocycles. The number of likely N-dealkylation sites (tertiary alicyclic amines) is 1. The van der Waals surface area contributed by atoms with Crippen molar-refractivity contribution in [3.63, 3.8) is 0 Å². The van der Waals surface area contributed by atoms with E-state index in [0.717, 1.165) is 40.2 Å². The molecule has 2 aliphatic rings. The van der Waals surface area contributed by atoms with Crippen molar-refractivity contribution in [1.82, 2.24) is 9.47 Å². The minimum atomic E-state index is -0.387. The molecule has 9 nitrogen and oxygen atoms in total. The van der Waals surface area contributed by atoms with Crippen molar-refractivity contribution < 1.29 is 28.6 Å². The van der Waals surface area contributed by atoms with Crippen LogP contribution in [-0.2, 0) is 37.3 Å². The highest BCUT2D eigenvalue weighted by molar-refractivity contribution is 14.1. The van der Waals surface area contributed by atoms with Gasteiger partial charge in [0.1, 0.15) is 0 Å². The van der Waals surface area contributed by atoms with E-state index in [0.29, 0.717) is 42.5 Å². The number of benzene rings is 2. The predicted molar refractivity (Wildman–Crippen MR) is 183 cm³/mol. The molecule has 1 saturated carbocycles. The fourth-order valence-electron chi connectivity index (χ4n) is 6.30. The molecule has 2 aromatic carbocycles. The summed E-state index contributed by atoms with van der Waals surface area (Å²) in [6.07, 6.45) is 5.55. The van der Waals surface area contributed by atoms with Crippen molar-refractivity contribution in [2.24, 2.45) is 13.0 Å². The number of methoxy groups -OCH3 is 1. The first-order valence-electron chi connectivity index (χ1n) is 15.2. The molecule has 5 rings (SSSR count). The molecule has 0 bridgehead atoms. The first-order valence-corrected chi connectivity index (χ1v) is 17.1. The number of aromatic nitrogens is 1. The average molecular weight is 770 g/mol. The monoisotopic (exact) mass is 769 g/mol. The molecule has 0 radical (unpaired) electrons. The lowest BCUT2D eigenvalue weighted by molar-refractivity contribution is -0.150. The van der Waals surface area contributed by atoms with Gasteiger partial charge in [0.05, 0.1) is 60.1 Å². The number of amides is 2. The Morgan fingerprint density at radius 3 is 2.51 bits per heavy atom. The normalized spacial score (nSPS) is 21.7. The van der Waals surface area contributed by atoms with Crippen LogP contribution in [0.15, 0.2) is 36.5 Å². The molecule has 1 N–H and O–H groups in total. The largest absolute Gasteiger partial charge is 0.466 e. The van der Waals surface area contributed by atoms with E-state index in [1.165, 1.54) is 6.07 Å². The second-order valence-corrected chi connectivity index (χ2v) is 13.8. The fraction of sp³-hybridized carbons (Fsp3) is 0.485. The zero-order valence-electron chi connectivity index (χ0n) is 25.6. The van der Waals surface area contributed by atoms with Gasteiger partial charge in [0.15, 0.2) is 0 Å². The number of fused-ring (bicyclic) bond motifs is 1. The summed E-state index contributed by atoms with van der Waals surface area (Å²) in [5.74, 6) is -0.696. The van der Waals surface area contributed by atoms with Crippen molar-refractivity contribution in [2.45, 2.75) is 63.7 Å². The molecular formula is C33H38Cl2IN3O6. The highest BCUT2D eigenvalue weighted by Crippen LogP contribution is 2.32. The van der Waals surface area contributed by atoms with E-state index in [2.05, 4.69) is 27.9 Å². The summed E-state index contributed by atoms with van der Waals surface area (Å²) >= 11 is 15.5. The van der Waals surface area contributed by atoms with Gasteiger partial charge in [0.25, 0.3) is 5.91 Å². The Kier molecular flexibility index (Phi) is 11.3. The Bertz CT molecular complexity index is 1570. The summed E-state index contributed by atoms with van der Waals surface area (Å²) in [6, 6.07) is 9.00. The summed E-state index contributed by atoms with van der Waals surface area (Å²) in [5, 5.41) is 4.39. The number of hydrogen-bond donors (Lipinski definition) is 1. The number of rotatable bonds is 10. The third-order valence-electron chi connectivity index (χ3n) is 8.77. The number of nitrogens with one attached hydrogen (secondary N) is 1.